The van der Waals surface area contributed by atoms with Gasteiger partial charge < -0.3 is 10.2 Å². The van der Waals surface area contributed by atoms with Crippen molar-refractivity contribution in [2.75, 3.05) is 19.6 Å². The highest BCUT2D eigenvalue weighted by Gasteiger charge is 2.29. The lowest BCUT2D eigenvalue weighted by Gasteiger charge is -2.26. The minimum absolute atomic E-state index is 0.0543. The lowest BCUT2D eigenvalue weighted by atomic mass is 10.1. The highest BCUT2D eigenvalue weighted by Crippen LogP contribution is 2.21. The van der Waals surface area contributed by atoms with E-state index in [4.69, 9.17) is 11.6 Å². The molecule has 0 saturated carbocycles. The number of hydrogen-bond donors (Lipinski definition) is 2. The molecule has 0 unspecified atom stereocenters. The maximum atomic E-state index is 12.6. The van der Waals surface area contributed by atoms with E-state index in [1.54, 1.807) is 18.2 Å². The van der Waals surface area contributed by atoms with Gasteiger partial charge in [0.2, 0.25) is 5.91 Å². The fourth-order valence-corrected chi connectivity index (χ4v) is 4.32. The Labute approximate surface area is 174 Å². The Morgan fingerprint density at radius 1 is 1.14 bits per heavy atom. The average Bonchev–Trinajstić information content (AvgIpc) is 3.26. The number of likely N-dealkylation sites (tertiary alicyclic amines) is 1. The summed E-state index contributed by atoms with van der Waals surface area (Å²) in [5.41, 5.74) is 1.47. The first-order valence-electron chi connectivity index (χ1n) is 9.93. The van der Waals surface area contributed by atoms with Crippen LogP contribution in [0.1, 0.15) is 24.4 Å². The van der Waals surface area contributed by atoms with Crippen molar-refractivity contribution in [3.63, 3.8) is 0 Å². The molecule has 1 saturated heterocycles. The van der Waals surface area contributed by atoms with Gasteiger partial charge in [0, 0.05) is 23.4 Å². The number of nitrogens with one attached hydrogen (secondary N) is 2. The molecule has 1 aliphatic heterocycles. The van der Waals surface area contributed by atoms with Crippen molar-refractivity contribution < 1.29 is 9.69 Å². The van der Waals surface area contributed by atoms with Crippen LogP contribution in [0.2, 0.25) is 5.02 Å². The monoisotopic (exact) mass is 411 g/mol. The molecule has 6 nitrogen and oxygen atoms in total. The van der Waals surface area contributed by atoms with Gasteiger partial charge in [-0.05, 0) is 18.2 Å². The molecule has 1 aromatic heterocycles. The molecular formula is C22H24ClN4O2+. The maximum absolute atomic E-state index is 12.6. The molecule has 150 valence electrons. The first-order chi connectivity index (χ1) is 14.1. The third-order valence-electron chi connectivity index (χ3n) is 5.57. The van der Waals surface area contributed by atoms with Gasteiger partial charge in [-0.3, -0.25) is 14.2 Å². The molecule has 0 aliphatic carbocycles. The molecule has 2 N–H and O–H groups in total. The van der Waals surface area contributed by atoms with E-state index in [2.05, 4.69) is 10.3 Å². The van der Waals surface area contributed by atoms with Crippen LogP contribution in [0.5, 0.6) is 0 Å². The lowest BCUT2D eigenvalue weighted by Crippen LogP contribution is -3.11. The second kappa shape index (κ2) is 8.76. The van der Waals surface area contributed by atoms with Crippen LogP contribution in [0.3, 0.4) is 0 Å². The van der Waals surface area contributed by atoms with E-state index in [-0.39, 0.29) is 24.1 Å². The third kappa shape index (κ3) is 4.33. The molecule has 1 amide bonds. The number of carbonyl (C=O) groups excluding carboxylic acids is 1. The zero-order chi connectivity index (χ0) is 20.2. The number of para-hydroxylation sites is 1. The minimum atomic E-state index is -0.210. The molecule has 4 rings (SSSR count). The molecule has 1 fully saturated rings. The summed E-state index contributed by atoms with van der Waals surface area (Å²) < 4.78 is 1.35. The van der Waals surface area contributed by atoms with Crippen LogP contribution < -0.4 is 15.8 Å². The van der Waals surface area contributed by atoms with Gasteiger partial charge in [-0.1, -0.05) is 41.9 Å². The quantitative estimate of drug-likeness (QED) is 0.647. The van der Waals surface area contributed by atoms with Crippen LogP contribution in [0, 0.1) is 0 Å². The first kappa shape index (κ1) is 19.6. The highest BCUT2D eigenvalue weighted by molar-refractivity contribution is 6.31. The summed E-state index contributed by atoms with van der Waals surface area (Å²) in [6, 6.07) is 15.1. The molecule has 3 aromatic rings. The summed E-state index contributed by atoms with van der Waals surface area (Å²) in [5.74, 6) is -0.208. The summed E-state index contributed by atoms with van der Waals surface area (Å²) in [6.45, 7) is 2.56. The zero-order valence-corrected chi connectivity index (χ0v) is 16.9. The fourth-order valence-electron chi connectivity index (χ4n) is 4.05. The first-order valence-corrected chi connectivity index (χ1v) is 10.3. The highest BCUT2D eigenvalue weighted by atomic mass is 35.5. The molecular weight excluding hydrogens is 388 g/mol. The minimum Gasteiger partial charge on any atom is -0.348 e. The fraction of sp³-hybridized carbons (Fsp3) is 0.318. The molecule has 0 spiro atoms. The van der Waals surface area contributed by atoms with Crippen molar-refractivity contribution in [1.82, 2.24) is 14.9 Å². The van der Waals surface area contributed by atoms with E-state index in [9.17, 15) is 9.59 Å². The summed E-state index contributed by atoms with van der Waals surface area (Å²) in [4.78, 5) is 30.9. The van der Waals surface area contributed by atoms with Crippen molar-refractivity contribution in [1.29, 1.82) is 0 Å². The largest absolute Gasteiger partial charge is 0.348 e. The Morgan fingerprint density at radius 3 is 2.66 bits per heavy atom. The van der Waals surface area contributed by atoms with Crippen molar-refractivity contribution in [2.45, 2.75) is 25.4 Å². The number of hydrogen-bond acceptors (Lipinski definition) is 3. The summed E-state index contributed by atoms with van der Waals surface area (Å²) in [5, 5.41) is 4.24. The van der Waals surface area contributed by atoms with E-state index in [1.165, 1.54) is 28.6 Å². The van der Waals surface area contributed by atoms with Gasteiger partial charge in [0.05, 0.1) is 36.9 Å². The van der Waals surface area contributed by atoms with Crippen molar-refractivity contribution >= 4 is 28.4 Å². The molecule has 1 aliphatic rings. The van der Waals surface area contributed by atoms with Crippen molar-refractivity contribution in [3.8, 4) is 0 Å². The standard InChI is InChI=1S/C22H23ClN4O2/c23-18-9-3-1-7-16(18)20(26-11-5-6-12-26)13-24-21(28)14-27-15-25-19-10-4-2-8-17(19)22(27)29/h1-4,7-10,15,20H,5-6,11-14H2,(H,24,28)/p+1/t20-/m0/s1. The number of fused-ring (bicyclic) bond motifs is 1. The number of nitrogens with zero attached hydrogens (tertiary/aromatic N) is 2. The van der Waals surface area contributed by atoms with E-state index < -0.39 is 0 Å². The summed E-state index contributed by atoms with van der Waals surface area (Å²) in [6.07, 6.45) is 3.80. The van der Waals surface area contributed by atoms with Gasteiger partial charge in [0.25, 0.3) is 5.56 Å². The number of carbonyl (C=O) groups is 1. The number of quaternary nitrogens is 1. The van der Waals surface area contributed by atoms with Gasteiger partial charge in [0.15, 0.2) is 0 Å². The lowest BCUT2D eigenvalue weighted by molar-refractivity contribution is -0.918. The predicted octanol–water partition coefficient (Wildman–Crippen LogP) is 1.59. The second-order valence-electron chi connectivity index (χ2n) is 7.44. The van der Waals surface area contributed by atoms with Crippen LogP contribution in [0.25, 0.3) is 10.9 Å². The van der Waals surface area contributed by atoms with Crippen LogP contribution >= 0.6 is 11.6 Å². The van der Waals surface area contributed by atoms with Crippen LogP contribution in [0.15, 0.2) is 59.7 Å². The van der Waals surface area contributed by atoms with Gasteiger partial charge in [-0.15, -0.1) is 0 Å². The smallest absolute Gasteiger partial charge is 0.261 e. The van der Waals surface area contributed by atoms with Gasteiger partial charge in [0.1, 0.15) is 12.6 Å². The normalized spacial score (nSPS) is 15.5. The molecule has 2 aromatic carbocycles. The second-order valence-corrected chi connectivity index (χ2v) is 7.85. The Morgan fingerprint density at radius 2 is 1.86 bits per heavy atom. The van der Waals surface area contributed by atoms with Gasteiger partial charge in [-0.25, -0.2) is 4.98 Å². The van der Waals surface area contributed by atoms with E-state index in [0.717, 1.165) is 23.7 Å². The number of benzene rings is 2. The van der Waals surface area contributed by atoms with Crippen LogP contribution in [0.4, 0.5) is 0 Å². The number of rotatable bonds is 6. The zero-order valence-electron chi connectivity index (χ0n) is 16.1. The van der Waals surface area contributed by atoms with E-state index in [1.807, 2.05) is 30.3 Å². The van der Waals surface area contributed by atoms with Crippen LogP contribution in [-0.4, -0.2) is 35.1 Å². The maximum Gasteiger partial charge on any atom is 0.261 e. The molecule has 0 radical (unpaired) electrons. The third-order valence-corrected chi connectivity index (χ3v) is 5.91. The van der Waals surface area contributed by atoms with E-state index >= 15 is 0 Å². The van der Waals surface area contributed by atoms with Gasteiger partial charge in [-0.2, -0.15) is 0 Å². The predicted molar refractivity (Wildman–Crippen MR) is 113 cm³/mol. The van der Waals surface area contributed by atoms with Gasteiger partial charge >= 0.3 is 0 Å². The molecule has 7 heteroatoms. The Balaban J connectivity index is 1.48. The summed E-state index contributed by atoms with van der Waals surface area (Å²) in [7, 11) is 0. The number of aromatic nitrogens is 2. The Kier molecular flexibility index (Phi) is 5.92. The number of halogens is 1. The average molecular weight is 412 g/mol. The summed E-state index contributed by atoms with van der Waals surface area (Å²) >= 11 is 6.44. The Hall–Kier alpha value is -2.70. The van der Waals surface area contributed by atoms with Crippen molar-refractivity contribution in [3.05, 3.63) is 75.8 Å². The topological polar surface area (TPSA) is 68.4 Å². The number of amides is 1. The molecule has 29 heavy (non-hydrogen) atoms. The molecule has 1 atom stereocenters. The van der Waals surface area contributed by atoms with Crippen molar-refractivity contribution in [2.24, 2.45) is 0 Å². The Bertz CT molecular complexity index is 1080. The molecule has 2 heterocycles. The van der Waals surface area contributed by atoms with E-state index in [0.29, 0.717) is 17.4 Å². The van der Waals surface area contributed by atoms with Crippen LogP contribution in [-0.2, 0) is 11.3 Å². The SMILES string of the molecule is O=C(Cn1cnc2ccccc2c1=O)NC[C@@H](c1ccccc1Cl)[NH+]1CCCC1. The molecule has 0 bridgehead atoms.